The van der Waals surface area contributed by atoms with Crippen LogP contribution in [0.3, 0.4) is 0 Å². The minimum absolute atomic E-state index is 0.479. The van der Waals surface area contributed by atoms with E-state index in [1.165, 1.54) is 0 Å². The Morgan fingerprint density at radius 1 is 1.41 bits per heavy atom. The van der Waals surface area contributed by atoms with Gasteiger partial charge in [0.15, 0.2) is 5.96 Å². The van der Waals surface area contributed by atoms with Crippen LogP contribution >= 0.6 is 31.9 Å². The number of hydrogen-bond donors (Lipinski definition) is 1. The van der Waals surface area contributed by atoms with Gasteiger partial charge >= 0.3 is 0 Å². The van der Waals surface area contributed by atoms with Crippen LogP contribution in [-0.4, -0.2) is 25.6 Å². The highest BCUT2D eigenvalue weighted by atomic mass is 79.9. The van der Waals surface area contributed by atoms with E-state index in [2.05, 4.69) is 48.1 Å². The van der Waals surface area contributed by atoms with Gasteiger partial charge in [-0.1, -0.05) is 12.0 Å². The average molecular weight is 357 g/mol. The summed E-state index contributed by atoms with van der Waals surface area (Å²) < 4.78 is 1.97. The number of para-hydroxylation sites is 1. The number of rotatable bonds is 2. The van der Waals surface area contributed by atoms with Crippen molar-refractivity contribution < 1.29 is 0 Å². The fourth-order valence-corrected chi connectivity index (χ4v) is 3.09. The number of guanidine groups is 1. The topological polar surface area (TPSA) is 27.6 Å². The third kappa shape index (κ3) is 2.64. The molecule has 0 aliphatic carbocycles. The number of aliphatic imine (C=N–C) groups is 1. The number of halogens is 2. The van der Waals surface area contributed by atoms with Crippen molar-refractivity contribution in [2.75, 3.05) is 24.5 Å². The molecule has 88 valence electrons. The van der Waals surface area contributed by atoms with E-state index < -0.39 is 0 Å². The fourth-order valence-electron chi connectivity index (χ4n) is 1.66. The second kappa shape index (κ2) is 5.56. The summed E-state index contributed by atoms with van der Waals surface area (Å²) in [6, 6.07) is 5.94. The highest BCUT2D eigenvalue weighted by Crippen LogP contribution is 2.34. The zero-order valence-corrected chi connectivity index (χ0v) is 12.3. The van der Waals surface area contributed by atoms with Gasteiger partial charge in [0.2, 0.25) is 0 Å². The van der Waals surface area contributed by atoms with Gasteiger partial charge in [0.05, 0.1) is 18.8 Å². The largest absolute Gasteiger partial charge is 0.354 e. The third-order valence-corrected chi connectivity index (χ3v) is 3.65. The van der Waals surface area contributed by atoms with E-state index in [1.807, 2.05) is 23.1 Å². The SMILES string of the molecule is C#CCN(C1=NCCN1)c1c(Br)cccc1Br. The van der Waals surface area contributed by atoms with E-state index >= 15 is 0 Å². The summed E-state index contributed by atoms with van der Waals surface area (Å²) in [6.07, 6.45) is 5.43. The molecule has 1 aromatic rings. The van der Waals surface area contributed by atoms with Crippen molar-refractivity contribution in [3.05, 3.63) is 27.1 Å². The Kier molecular flexibility index (Phi) is 4.08. The molecule has 5 heteroatoms. The summed E-state index contributed by atoms with van der Waals surface area (Å²) in [6.45, 7) is 2.13. The van der Waals surface area contributed by atoms with Crippen LogP contribution < -0.4 is 10.2 Å². The van der Waals surface area contributed by atoms with Gasteiger partial charge in [0.25, 0.3) is 0 Å². The number of nitrogens with one attached hydrogen (secondary N) is 1. The van der Waals surface area contributed by atoms with Gasteiger partial charge in [0, 0.05) is 15.5 Å². The van der Waals surface area contributed by atoms with Crippen molar-refractivity contribution in [2.24, 2.45) is 4.99 Å². The van der Waals surface area contributed by atoms with Crippen LogP contribution in [0.2, 0.25) is 0 Å². The third-order valence-electron chi connectivity index (χ3n) is 2.37. The molecule has 0 fully saturated rings. The molecular formula is C12H11Br2N3. The van der Waals surface area contributed by atoms with Crippen molar-refractivity contribution in [1.82, 2.24) is 5.32 Å². The summed E-state index contributed by atoms with van der Waals surface area (Å²) >= 11 is 7.08. The molecule has 1 aliphatic rings. The molecule has 0 saturated carbocycles. The van der Waals surface area contributed by atoms with Gasteiger partial charge in [-0.15, -0.1) is 6.42 Å². The first-order valence-corrected chi connectivity index (χ1v) is 6.76. The number of hydrogen-bond acceptors (Lipinski definition) is 3. The molecule has 1 heterocycles. The van der Waals surface area contributed by atoms with E-state index in [9.17, 15) is 0 Å². The van der Waals surface area contributed by atoms with E-state index in [0.717, 1.165) is 33.7 Å². The highest BCUT2D eigenvalue weighted by molar-refractivity contribution is 9.11. The first-order chi connectivity index (χ1) is 8.24. The quantitative estimate of drug-likeness (QED) is 0.825. The molecule has 1 aliphatic heterocycles. The molecule has 0 radical (unpaired) electrons. The normalized spacial score (nSPS) is 13.8. The lowest BCUT2D eigenvalue weighted by Crippen LogP contribution is -2.39. The predicted octanol–water partition coefficient (Wildman–Crippen LogP) is 2.61. The predicted molar refractivity (Wildman–Crippen MR) is 78.3 cm³/mol. The molecule has 3 nitrogen and oxygen atoms in total. The molecule has 1 aromatic carbocycles. The van der Waals surface area contributed by atoms with E-state index in [-0.39, 0.29) is 0 Å². The van der Waals surface area contributed by atoms with Crippen LogP contribution in [0.25, 0.3) is 0 Å². The van der Waals surface area contributed by atoms with Gasteiger partial charge in [0.1, 0.15) is 0 Å². The molecule has 0 atom stereocenters. The maximum atomic E-state index is 5.43. The van der Waals surface area contributed by atoms with E-state index in [0.29, 0.717) is 6.54 Å². The van der Waals surface area contributed by atoms with Gasteiger partial charge in [-0.3, -0.25) is 9.89 Å². The van der Waals surface area contributed by atoms with Gasteiger partial charge in [-0.2, -0.15) is 0 Å². The summed E-state index contributed by atoms with van der Waals surface area (Å²) in [5.74, 6) is 3.49. The lowest BCUT2D eigenvalue weighted by molar-refractivity contribution is 0.946. The highest BCUT2D eigenvalue weighted by Gasteiger charge is 2.19. The standard InChI is InChI=1S/C12H11Br2N3/c1-2-8-17(12-15-6-7-16-12)11-9(13)4-3-5-10(11)14/h1,3-5H,6-8H2,(H,15,16). The summed E-state index contributed by atoms with van der Waals surface area (Å²) in [4.78, 5) is 6.39. The Morgan fingerprint density at radius 3 is 2.65 bits per heavy atom. The van der Waals surface area contributed by atoms with Crippen molar-refractivity contribution in [3.63, 3.8) is 0 Å². The van der Waals surface area contributed by atoms with Gasteiger partial charge in [-0.25, -0.2) is 0 Å². The van der Waals surface area contributed by atoms with Crippen LogP contribution in [0.1, 0.15) is 0 Å². The molecule has 17 heavy (non-hydrogen) atoms. The van der Waals surface area contributed by atoms with E-state index in [1.54, 1.807) is 0 Å². The van der Waals surface area contributed by atoms with Gasteiger partial charge < -0.3 is 5.32 Å². The summed E-state index contributed by atoms with van der Waals surface area (Å²) in [5.41, 5.74) is 0.999. The van der Waals surface area contributed by atoms with Crippen molar-refractivity contribution in [1.29, 1.82) is 0 Å². The summed E-state index contributed by atoms with van der Waals surface area (Å²) in [7, 11) is 0. The van der Waals surface area contributed by atoms with Crippen LogP contribution in [0, 0.1) is 12.3 Å². The maximum Gasteiger partial charge on any atom is 0.199 e. The Hall–Kier alpha value is -0.990. The van der Waals surface area contributed by atoms with Crippen molar-refractivity contribution in [2.45, 2.75) is 0 Å². The number of nitrogens with zero attached hydrogens (tertiary/aromatic N) is 2. The van der Waals surface area contributed by atoms with E-state index in [4.69, 9.17) is 6.42 Å². The molecule has 1 N–H and O–H groups in total. The van der Waals surface area contributed by atoms with Crippen LogP contribution in [0.5, 0.6) is 0 Å². The monoisotopic (exact) mass is 355 g/mol. The second-order valence-corrected chi connectivity index (χ2v) is 5.20. The van der Waals surface area contributed by atoms with Crippen LogP contribution in [0.4, 0.5) is 5.69 Å². The maximum absolute atomic E-state index is 5.43. The number of anilines is 1. The van der Waals surface area contributed by atoms with Crippen LogP contribution in [0.15, 0.2) is 32.1 Å². The Bertz CT molecular complexity index is 471. The van der Waals surface area contributed by atoms with Crippen LogP contribution in [-0.2, 0) is 0 Å². The fraction of sp³-hybridized carbons (Fsp3) is 0.250. The lowest BCUT2D eigenvalue weighted by Gasteiger charge is -2.24. The lowest BCUT2D eigenvalue weighted by atomic mass is 10.3. The molecule has 0 unspecified atom stereocenters. The molecular weight excluding hydrogens is 346 g/mol. The second-order valence-electron chi connectivity index (χ2n) is 3.49. The zero-order chi connectivity index (χ0) is 12.3. The smallest absolute Gasteiger partial charge is 0.199 e. The minimum Gasteiger partial charge on any atom is -0.354 e. The Labute approximate surface area is 118 Å². The van der Waals surface area contributed by atoms with Crippen molar-refractivity contribution >= 4 is 43.5 Å². The minimum atomic E-state index is 0.479. The zero-order valence-electron chi connectivity index (χ0n) is 9.08. The average Bonchev–Trinajstić information content (AvgIpc) is 2.80. The Balaban J connectivity index is 2.42. The molecule has 0 amide bonds. The Morgan fingerprint density at radius 2 is 2.12 bits per heavy atom. The van der Waals surface area contributed by atoms with Crippen molar-refractivity contribution in [3.8, 4) is 12.3 Å². The molecule has 2 rings (SSSR count). The first-order valence-electron chi connectivity index (χ1n) is 5.17. The number of benzene rings is 1. The molecule has 0 bridgehead atoms. The number of terminal acetylenes is 1. The molecule has 0 aromatic heterocycles. The summed E-state index contributed by atoms with van der Waals surface area (Å²) in [5, 5.41) is 3.23. The molecule has 0 saturated heterocycles. The first kappa shape index (κ1) is 12.5. The molecule has 0 spiro atoms. The van der Waals surface area contributed by atoms with Gasteiger partial charge in [-0.05, 0) is 44.0 Å².